The van der Waals surface area contributed by atoms with Gasteiger partial charge in [-0.15, -0.1) is 0 Å². The molecule has 4 rings (SSSR count). The van der Waals surface area contributed by atoms with Gasteiger partial charge in [0.2, 0.25) is 0 Å². The minimum atomic E-state index is -4.62. The number of hydrogen-bond donors (Lipinski definition) is 3. The third-order valence-electron chi connectivity index (χ3n) is 6.03. The van der Waals surface area contributed by atoms with Crippen LogP contribution in [0.15, 0.2) is 33.8 Å². The molecule has 0 unspecified atom stereocenters. The van der Waals surface area contributed by atoms with Gasteiger partial charge in [-0.25, -0.2) is 10.2 Å². The number of H-pyrrole nitrogens is 1. The molecule has 35 heavy (non-hydrogen) atoms. The molecule has 3 N–H and O–H groups in total. The maximum atomic E-state index is 13.8. The summed E-state index contributed by atoms with van der Waals surface area (Å²) in [6, 6.07) is 5.26. The number of aryl methyl sites for hydroxylation is 1. The van der Waals surface area contributed by atoms with Crippen LogP contribution in [0.1, 0.15) is 47.1 Å². The average molecular weight is 557 g/mol. The summed E-state index contributed by atoms with van der Waals surface area (Å²) in [7, 11) is 0. The van der Waals surface area contributed by atoms with Crippen LogP contribution in [-0.4, -0.2) is 64.1 Å². The number of ether oxygens (including phenoxy) is 1. The maximum Gasteiger partial charge on any atom is 0.428 e. The Labute approximate surface area is 207 Å². The molecule has 9 nitrogen and oxygen atoms in total. The second kappa shape index (κ2) is 9.61. The molecule has 0 bridgehead atoms. The van der Waals surface area contributed by atoms with Gasteiger partial charge in [0.25, 0.3) is 5.91 Å². The lowest BCUT2D eigenvalue weighted by Crippen LogP contribution is -2.57. The molecule has 13 heteroatoms. The molecule has 1 saturated heterocycles. The highest BCUT2D eigenvalue weighted by molar-refractivity contribution is 9.10. The van der Waals surface area contributed by atoms with Crippen molar-refractivity contribution >= 4 is 33.6 Å². The average Bonchev–Trinajstić information content (AvgIpc) is 3.22. The van der Waals surface area contributed by atoms with Gasteiger partial charge in [-0.05, 0) is 32.0 Å². The summed E-state index contributed by atoms with van der Waals surface area (Å²) in [5, 5.41) is 13.6. The maximum absolute atomic E-state index is 13.8. The lowest BCUT2D eigenvalue weighted by Gasteiger charge is -2.43. The summed E-state index contributed by atoms with van der Waals surface area (Å²) in [6.45, 7) is 5.04. The molecule has 1 aromatic carbocycles. The molecule has 2 aliphatic rings. The smallest absolute Gasteiger partial charge is 0.428 e. The van der Waals surface area contributed by atoms with Crippen molar-refractivity contribution in [2.75, 3.05) is 19.6 Å². The van der Waals surface area contributed by atoms with Crippen LogP contribution in [-0.2, 0) is 10.9 Å². The van der Waals surface area contributed by atoms with Crippen molar-refractivity contribution in [2.45, 2.75) is 44.5 Å². The number of likely N-dealkylation sites (tertiary alicyclic amines) is 1. The van der Waals surface area contributed by atoms with Gasteiger partial charge >= 0.3 is 12.3 Å². The molecule has 1 atom stereocenters. The van der Waals surface area contributed by atoms with E-state index >= 15 is 0 Å². The second-order valence-corrected chi connectivity index (χ2v) is 9.67. The highest BCUT2D eigenvalue weighted by Crippen LogP contribution is 2.39. The van der Waals surface area contributed by atoms with Gasteiger partial charge in [0.1, 0.15) is 11.4 Å². The molecule has 1 fully saturated rings. The van der Waals surface area contributed by atoms with E-state index in [0.29, 0.717) is 25.3 Å². The van der Waals surface area contributed by atoms with Crippen molar-refractivity contribution in [3.8, 4) is 0 Å². The highest BCUT2D eigenvalue weighted by atomic mass is 79.9. The first-order chi connectivity index (χ1) is 16.5. The van der Waals surface area contributed by atoms with Crippen molar-refractivity contribution in [2.24, 2.45) is 5.10 Å². The minimum absolute atomic E-state index is 0.0480. The molecule has 188 valence electrons. The minimum Gasteiger partial charge on any atom is -0.435 e. The van der Waals surface area contributed by atoms with Crippen LogP contribution in [0.2, 0.25) is 0 Å². The van der Waals surface area contributed by atoms with Crippen LogP contribution in [0, 0.1) is 6.92 Å². The summed E-state index contributed by atoms with van der Waals surface area (Å²) >= 11 is 3.09. The van der Waals surface area contributed by atoms with Gasteiger partial charge in [0.15, 0.2) is 5.60 Å². The molecule has 0 saturated carbocycles. The first-order valence-electron chi connectivity index (χ1n) is 11.0. The fourth-order valence-corrected chi connectivity index (χ4v) is 4.78. The van der Waals surface area contributed by atoms with Crippen molar-refractivity contribution in [1.29, 1.82) is 0 Å². The Morgan fingerprint density at radius 1 is 1.31 bits per heavy atom. The molecule has 2 aromatic rings. The zero-order valence-electron chi connectivity index (χ0n) is 19.0. The first-order valence-corrected chi connectivity index (χ1v) is 11.8. The number of benzene rings is 1. The summed E-state index contributed by atoms with van der Waals surface area (Å²) < 4.78 is 47.3. The zero-order chi connectivity index (χ0) is 25.4. The van der Waals surface area contributed by atoms with Crippen LogP contribution in [0.3, 0.4) is 0 Å². The van der Waals surface area contributed by atoms with Crippen molar-refractivity contribution in [3.05, 3.63) is 51.3 Å². The number of hydrazone groups is 1. The normalized spacial score (nSPS) is 19.0. The van der Waals surface area contributed by atoms with Gasteiger partial charge in [-0.2, -0.15) is 23.4 Å². The third-order valence-corrected chi connectivity index (χ3v) is 6.53. The molecule has 1 aromatic heterocycles. The molecule has 2 aliphatic heterocycles. The van der Waals surface area contributed by atoms with E-state index in [4.69, 9.17) is 4.74 Å². The fourth-order valence-electron chi connectivity index (χ4n) is 4.42. The Morgan fingerprint density at radius 2 is 2.03 bits per heavy atom. The van der Waals surface area contributed by atoms with E-state index in [1.807, 2.05) is 6.92 Å². The van der Waals surface area contributed by atoms with E-state index in [1.54, 1.807) is 13.0 Å². The number of aromatic nitrogens is 2. The number of hydrogen-bond acceptors (Lipinski definition) is 6. The van der Waals surface area contributed by atoms with E-state index in [0.717, 1.165) is 11.8 Å². The quantitative estimate of drug-likeness (QED) is 0.521. The second-order valence-electron chi connectivity index (χ2n) is 8.76. The topological polar surface area (TPSA) is 112 Å². The van der Waals surface area contributed by atoms with E-state index in [-0.39, 0.29) is 40.5 Å². The predicted octanol–water partition coefficient (Wildman–Crippen LogP) is 3.60. The van der Waals surface area contributed by atoms with Crippen molar-refractivity contribution in [1.82, 2.24) is 25.8 Å². The first kappa shape index (κ1) is 25.2. The number of alkyl halides is 3. The van der Waals surface area contributed by atoms with Gasteiger partial charge < -0.3 is 15.0 Å². The van der Waals surface area contributed by atoms with Gasteiger partial charge in [-0.1, -0.05) is 22.0 Å². The Hall–Kier alpha value is -2.93. The van der Waals surface area contributed by atoms with Gasteiger partial charge in [0.05, 0.1) is 5.56 Å². The van der Waals surface area contributed by atoms with E-state index in [2.05, 4.69) is 46.9 Å². The largest absolute Gasteiger partial charge is 0.435 e. The SMILES string of the molecule is Cc1cc(C(=O)N[C@@H](C)CN2CCC3(CC2)OC(=O)NN=C3c2ccc(Br)cc2C(F)(F)F)n[nH]1. The standard InChI is InChI=1S/C22H24BrF3N6O3/c1-12-9-17(29-28-12)19(33)27-13(2)11-32-7-5-21(6-8-32)18(30-31-20(34)35-21)15-4-3-14(23)10-16(15)22(24,25)26/h3-4,9-10,13H,5-8,11H2,1-2H3,(H,27,33)(H,28,29)(H,31,34)/t13-/m0/s1. The molecule has 0 aliphatic carbocycles. The monoisotopic (exact) mass is 556 g/mol. The number of nitrogens with zero attached hydrogens (tertiary/aromatic N) is 3. The lowest BCUT2D eigenvalue weighted by molar-refractivity contribution is -0.137. The number of halogens is 4. The summed E-state index contributed by atoms with van der Waals surface area (Å²) in [5.74, 6) is -0.299. The zero-order valence-corrected chi connectivity index (χ0v) is 20.6. The lowest BCUT2D eigenvalue weighted by atomic mass is 9.81. The van der Waals surface area contributed by atoms with Crippen LogP contribution < -0.4 is 10.7 Å². The van der Waals surface area contributed by atoms with Gasteiger partial charge in [0, 0.05) is 54.2 Å². The summed E-state index contributed by atoms with van der Waals surface area (Å²) in [5.41, 5.74) is 0.990. The predicted molar refractivity (Wildman–Crippen MR) is 124 cm³/mol. The van der Waals surface area contributed by atoms with Crippen LogP contribution in [0.5, 0.6) is 0 Å². The number of nitrogens with one attached hydrogen (secondary N) is 3. The Morgan fingerprint density at radius 3 is 2.66 bits per heavy atom. The Balaban J connectivity index is 1.47. The molecule has 3 heterocycles. The van der Waals surface area contributed by atoms with Crippen LogP contribution >= 0.6 is 15.9 Å². The van der Waals surface area contributed by atoms with E-state index < -0.39 is 23.4 Å². The fraction of sp³-hybridized carbons (Fsp3) is 0.455. The summed E-state index contributed by atoms with van der Waals surface area (Å²) in [6.07, 6.45) is -4.91. The number of amides is 2. The van der Waals surface area contributed by atoms with Crippen LogP contribution in [0.4, 0.5) is 18.0 Å². The van der Waals surface area contributed by atoms with E-state index in [1.165, 1.54) is 12.1 Å². The number of rotatable bonds is 5. The van der Waals surface area contributed by atoms with Crippen molar-refractivity contribution < 1.29 is 27.5 Å². The Kier molecular flexibility index (Phi) is 6.91. The number of aromatic amines is 1. The Bertz CT molecular complexity index is 1160. The molecule has 1 spiro atoms. The highest BCUT2D eigenvalue weighted by Gasteiger charge is 2.48. The van der Waals surface area contributed by atoms with Crippen LogP contribution in [0.25, 0.3) is 0 Å². The number of carbonyl (C=O) groups is 2. The number of carbonyl (C=O) groups excluding carboxylic acids is 2. The van der Waals surface area contributed by atoms with Gasteiger partial charge in [-0.3, -0.25) is 9.89 Å². The summed E-state index contributed by atoms with van der Waals surface area (Å²) in [4.78, 5) is 26.4. The number of piperidine rings is 1. The molecule has 2 amide bonds. The molecule has 0 radical (unpaired) electrons. The molecular formula is C22H24BrF3N6O3. The van der Waals surface area contributed by atoms with Crippen molar-refractivity contribution in [3.63, 3.8) is 0 Å². The van der Waals surface area contributed by atoms with E-state index in [9.17, 15) is 22.8 Å². The molecular weight excluding hydrogens is 533 g/mol. The third kappa shape index (κ3) is 5.50.